The SMILES string of the molecule is CCOc1ccccc1C1CN(C(CC)NC(=O)C2(C(=O)O)CC=CCC2)CCN1. The van der Waals surface area contributed by atoms with Crippen molar-refractivity contribution in [2.75, 3.05) is 26.2 Å². The average molecular weight is 416 g/mol. The topological polar surface area (TPSA) is 90.9 Å². The van der Waals surface area contributed by atoms with Crippen LogP contribution in [0.3, 0.4) is 0 Å². The number of benzene rings is 1. The molecule has 1 aliphatic heterocycles. The summed E-state index contributed by atoms with van der Waals surface area (Å²) in [6, 6.07) is 8.10. The van der Waals surface area contributed by atoms with Gasteiger partial charge in [0.15, 0.2) is 0 Å². The molecule has 1 saturated heterocycles. The molecule has 1 aliphatic carbocycles. The number of amides is 1. The number of carbonyl (C=O) groups excluding carboxylic acids is 1. The number of para-hydroxylation sites is 1. The van der Waals surface area contributed by atoms with Gasteiger partial charge in [-0.25, -0.2) is 0 Å². The van der Waals surface area contributed by atoms with Gasteiger partial charge in [-0.2, -0.15) is 0 Å². The Morgan fingerprint density at radius 1 is 1.33 bits per heavy atom. The molecule has 7 nitrogen and oxygen atoms in total. The fraction of sp³-hybridized carbons (Fsp3) is 0.565. The molecule has 1 fully saturated rings. The molecule has 0 aromatic heterocycles. The Morgan fingerprint density at radius 2 is 2.13 bits per heavy atom. The third-order valence-corrected chi connectivity index (χ3v) is 6.14. The van der Waals surface area contributed by atoms with E-state index in [4.69, 9.17) is 4.74 Å². The molecular weight excluding hydrogens is 382 g/mol. The van der Waals surface area contributed by atoms with E-state index >= 15 is 0 Å². The summed E-state index contributed by atoms with van der Waals surface area (Å²) in [5.41, 5.74) is -0.262. The van der Waals surface area contributed by atoms with Crippen molar-refractivity contribution >= 4 is 11.9 Å². The van der Waals surface area contributed by atoms with E-state index in [1.807, 2.05) is 44.2 Å². The number of ether oxygens (including phenoxy) is 1. The molecule has 1 aromatic rings. The number of carboxylic acid groups (broad SMARTS) is 1. The van der Waals surface area contributed by atoms with Crippen LogP contribution in [0.1, 0.15) is 51.1 Å². The Kier molecular flexibility index (Phi) is 7.50. The van der Waals surface area contributed by atoms with Crippen LogP contribution >= 0.6 is 0 Å². The quantitative estimate of drug-likeness (QED) is 0.447. The maximum atomic E-state index is 13.1. The molecule has 3 rings (SSSR count). The molecule has 0 radical (unpaired) electrons. The number of hydrogen-bond acceptors (Lipinski definition) is 5. The van der Waals surface area contributed by atoms with Gasteiger partial charge in [0, 0.05) is 31.2 Å². The van der Waals surface area contributed by atoms with E-state index < -0.39 is 11.4 Å². The minimum absolute atomic E-state index is 0.0819. The third-order valence-electron chi connectivity index (χ3n) is 6.14. The minimum Gasteiger partial charge on any atom is -0.494 e. The molecule has 1 aromatic carbocycles. The first-order valence-electron chi connectivity index (χ1n) is 10.9. The maximum Gasteiger partial charge on any atom is 0.319 e. The minimum atomic E-state index is -1.36. The zero-order valence-corrected chi connectivity index (χ0v) is 17.9. The number of carbonyl (C=O) groups is 2. The molecule has 3 N–H and O–H groups in total. The Labute approximate surface area is 178 Å². The van der Waals surface area contributed by atoms with E-state index in [0.717, 1.165) is 24.4 Å². The summed E-state index contributed by atoms with van der Waals surface area (Å²) in [6.07, 6.45) is 5.45. The van der Waals surface area contributed by atoms with E-state index in [2.05, 4.69) is 21.6 Å². The number of allylic oxidation sites excluding steroid dienone is 2. The lowest BCUT2D eigenvalue weighted by atomic mass is 9.76. The number of nitrogens with one attached hydrogen (secondary N) is 2. The second-order valence-electron chi connectivity index (χ2n) is 7.97. The Hall–Kier alpha value is -2.38. The fourth-order valence-electron chi connectivity index (χ4n) is 4.39. The molecule has 0 spiro atoms. The Balaban J connectivity index is 1.73. The molecule has 3 unspecified atom stereocenters. The van der Waals surface area contributed by atoms with Gasteiger partial charge in [-0.05, 0) is 38.7 Å². The number of hydrogen-bond donors (Lipinski definition) is 3. The van der Waals surface area contributed by atoms with Crippen LogP contribution in [-0.2, 0) is 9.59 Å². The monoisotopic (exact) mass is 415 g/mol. The van der Waals surface area contributed by atoms with Crippen LogP contribution in [-0.4, -0.2) is 54.3 Å². The molecular formula is C23H33N3O4. The van der Waals surface area contributed by atoms with Crippen LogP contribution < -0.4 is 15.4 Å². The first-order chi connectivity index (χ1) is 14.5. The summed E-state index contributed by atoms with van der Waals surface area (Å²) < 4.78 is 5.80. The summed E-state index contributed by atoms with van der Waals surface area (Å²) in [6.45, 7) is 6.87. The average Bonchev–Trinajstić information content (AvgIpc) is 2.78. The van der Waals surface area contributed by atoms with Crippen LogP contribution in [0.15, 0.2) is 36.4 Å². The second kappa shape index (κ2) is 10.1. The van der Waals surface area contributed by atoms with Gasteiger partial charge in [-0.3, -0.25) is 14.5 Å². The van der Waals surface area contributed by atoms with Gasteiger partial charge in [0.25, 0.3) is 0 Å². The Bertz CT molecular complexity index is 781. The molecule has 3 atom stereocenters. The highest BCUT2D eigenvalue weighted by Crippen LogP contribution is 2.34. The zero-order valence-electron chi connectivity index (χ0n) is 17.9. The van der Waals surface area contributed by atoms with Crippen molar-refractivity contribution in [2.24, 2.45) is 5.41 Å². The van der Waals surface area contributed by atoms with Crippen molar-refractivity contribution in [1.82, 2.24) is 15.5 Å². The van der Waals surface area contributed by atoms with Crippen molar-refractivity contribution in [3.8, 4) is 5.75 Å². The largest absolute Gasteiger partial charge is 0.494 e. The first kappa shape index (κ1) is 22.3. The van der Waals surface area contributed by atoms with Gasteiger partial charge in [0.2, 0.25) is 5.91 Å². The summed E-state index contributed by atoms with van der Waals surface area (Å²) >= 11 is 0. The van der Waals surface area contributed by atoms with Gasteiger partial charge in [-0.1, -0.05) is 37.3 Å². The standard InChI is InChI=1S/C23H33N3O4/c1-3-20(25-21(27)23(22(28)29)12-8-5-9-13-23)26-15-14-24-18(16-26)17-10-6-7-11-19(17)30-4-2/h5-8,10-11,18,20,24H,3-4,9,12-16H2,1-2H3,(H,25,27)(H,28,29). The van der Waals surface area contributed by atoms with Crippen molar-refractivity contribution in [2.45, 2.75) is 51.7 Å². The maximum absolute atomic E-state index is 13.1. The smallest absolute Gasteiger partial charge is 0.319 e. The van der Waals surface area contributed by atoms with Gasteiger partial charge in [-0.15, -0.1) is 0 Å². The van der Waals surface area contributed by atoms with Gasteiger partial charge in [0.05, 0.1) is 12.8 Å². The molecule has 164 valence electrons. The number of carboxylic acids is 1. The van der Waals surface area contributed by atoms with E-state index in [-0.39, 0.29) is 24.5 Å². The van der Waals surface area contributed by atoms with Gasteiger partial charge in [0.1, 0.15) is 11.2 Å². The van der Waals surface area contributed by atoms with E-state index in [1.54, 1.807) is 0 Å². The highest BCUT2D eigenvalue weighted by Gasteiger charge is 2.46. The fourth-order valence-corrected chi connectivity index (χ4v) is 4.39. The molecule has 0 bridgehead atoms. The van der Waals surface area contributed by atoms with Gasteiger partial charge >= 0.3 is 5.97 Å². The van der Waals surface area contributed by atoms with E-state index in [9.17, 15) is 14.7 Å². The number of nitrogens with zero attached hydrogens (tertiary/aromatic N) is 1. The van der Waals surface area contributed by atoms with Crippen LogP contribution in [0.25, 0.3) is 0 Å². The lowest BCUT2D eigenvalue weighted by molar-refractivity contribution is -0.157. The molecule has 2 aliphatic rings. The van der Waals surface area contributed by atoms with Crippen LogP contribution in [0.5, 0.6) is 5.75 Å². The van der Waals surface area contributed by atoms with E-state index in [1.165, 1.54) is 0 Å². The van der Waals surface area contributed by atoms with E-state index in [0.29, 0.717) is 32.4 Å². The second-order valence-corrected chi connectivity index (χ2v) is 7.97. The van der Waals surface area contributed by atoms with Crippen LogP contribution in [0.4, 0.5) is 0 Å². The number of rotatable bonds is 8. The normalized spacial score (nSPS) is 25.5. The number of piperazine rings is 1. The zero-order chi connectivity index (χ0) is 21.6. The molecule has 30 heavy (non-hydrogen) atoms. The summed E-state index contributed by atoms with van der Waals surface area (Å²) in [7, 11) is 0. The molecule has 1 amide bonds. The number of aliphatic carboxylic acids is 1. The van der Waals surface area contributed by atoms with Crippen molar-refractivity contribution in [3.63, 3.8) is 0 Å². The van der Waals surface area contributed by atoms with Gasteiger partial charge < -0.3 is 20.5 Å². The van der Waals surface area contributed by atoms with Crippen LogP contribution in [0.2, 0.25) is 0 Å². The highest BCUT2D eigenvalue weighted by atomic mass is 16.5. The molecule has 7 heteroatoms. The highest BCUT2D eigenvalue weighted by molar-refractivity contribution is 6.02. The van der Waals surface area contributed by atoms with Crippen LogP contribution in [0, 0.1) is 5.41 Å². The molecule has 0 saturated carbocycles. The molecule has 1 heterocycles. The predicted molar refractivity (Wildman–Crippen MR) is 115 cm³/mol. The van der Waals surface area contributed by atoms with Crippen molar-refractivity contribution in [1.29, 1.82) is 0 Å². The first-order valence-corrected chi connectivity index (χ1v) is 10.9. The lowest BCUT2D eigenvalue weighted by Crippen LogP contribution is -2.58. The Morgan fingerprint density at radius 3 is 2.80 bits per heavy atom. The predicted octanol–water partition coefficient (Wildman–Crippen LogP) is 2.70. The summed E-state index contributed by atoms with van der Waals surface area (Å²) in [5, 5.41) is 16.4. The van der Waals surface area contributed by atoms with Crippen molar-refractivity contribution < 1.29 is 19.4 Å². The summed E-state index contributed by atoms with van der Waals surface area (Å²) in [4.78, 5) is 27.3. The lowest BCUT2D eigenvalue weighted by Gasteiger charge is -2.40. The third kappa shape index (κ3) is 4.68. The van der Waals surface area contributed by atoms with Crippen molar-refractivity contribution in [3.05, 3.63) is 42.0 Å². The summed E-state index contributed by atoms with van der Waals surface area (Å²) in [5.74, 6) is -0.547.